The molecule has 0 saturated heterocycles. The Bertz CT molecular complexity index is 797. The number of carbonyl (C=O) groups excluding carboxylic acids is 2. The first-order valence-electron chi connectivity index (χ1n) is 9.27. The number of rotatable bonds is 8. The third kappa shape index (κ3) is 6.74. The van der Waals surface area contributed by atoms with Gasteiger partial charge in [-0.25, -0.2) is 4.79 Å². The Hall–Kier alpha value is -2.88. The molecule has 1 amide bonds. The number of hydrogen-bond acceptors (Lipinski definition) is 3. The molecule has 4 nitrogen and oxygen atoms in total. The van der Waals surface area contributed by atoms with Crippen molar-refractivity contribution in [2.24, 2.45) is 0 Å². The van der Waals surface area contributed by atoms with Gasteiger partial charge < -0.3 is 10.1 Å². The molecule has 2 aromatic rings. The molecule has 0 aliphatic carbocycles. The standard InChI is InChI=1S/C23H27NO3/c1-4-8-22(25)24-16-21(20-13-11-17(2)18(3)15-20)27-23(26)14-12-19-9-6-5-7-10-19/h5-7,9-15,21H,4,8,16H2,1-3H3,(H,24,25)/b14-12+/t21-/m1/s1. The highest BCUT2D eigenvalue weighted by Crippen LogP contribution is 2.21. The highest BCUT2D eigenvalue weighted by Gasteiger charge is 2.17. The summed E-state index contributed by atoms with van der Waals surface area (Å²) in [4.78, 5) is 24.1. The predicted octanol–water partition coefficient (Wildman–Crippen LogP) is 4.52. The molecule has 0 aliphatic heterocycles. The Balaban J connectivity index is 2.10. The maximum absolute atomic E-state index is 12.3. The molecule has 0 aromatic heterocycles. The fourth-order valence-electron chi connectivity index (χ4n) is 2.62. The molecule has 0 bridgehead atoms. The number of amides is 1. The van der Waals surface area contributed by atoms with Gasteiger partial charge in [-0.3, -0.25) is 4.79 Å². The van der Waals surface area contributed by atoms with E-state index in [2.05, 4.69) is 5.32 Å². The summed E-state index contributed by atoms with van der Waals surface area (Å²) in [6, 6.07) is 15.5. The van der Waals surface area contributed by atoms with Crippen LogP contribution in [0.2, 0.25) is 0 Å². The lowest BCUT2D eigenvalue weighted by Crippen LogP contribution is -2.30. The Morgan fingerprint density at radius 1 is 1.07 bits per heavy atom. The van der Waals surface area contributed by atoms with Gasteiger partial charge in [-0.05, 0) is 48.6 Å². The number of carbonyl (C=O) groups is 2. The van der Waals surface area contributed by atoms with Crippen molar-refractivity contribution in [3.05, 3.63) is 76.9 Å². The summed E-state index contributed by atoms with van der Waals surface area (Å²) >= 11 is 0. The van der Waals surface area contributed by atoms with E-state index in [1.54, 1.807) is 6.08 Å². The van der Waals surface area contributed by atoms with Crippen molar-refractivity contribution in [2.45, 2.75) is 39.7 Å². The first kappa shape index (κ1) is 20.4. The van der Waals surface area contributed by atoms with E-state index < -0.39 is 12.1 Å². The number of hydrogen-bond donors (Lipinski definition) is 1. The van der Waals surface area contributed by atoms with Crippen LogP contribution in [0.4, 0.5) is 0 Å². The van der Waals surface area contributed by atoms with Crippen molar-refractivity contribution in [1.82, 2.24) is 5.32 Å². The average molecular weight is 365 g/mol. The molecule has 0 heterocycles. The van der Waals surface area contributed by atoms with E-state index in [-0.39, 0.29) is 12.5 Å². The Labute approximate surface area is 161 Å². The average Bonchev–Trinajstić information content (AvgIpc) is 2.67. The Kier molecular flexibility index (Phi) is 7.80. The van der Waals surface area contributed by atoms with Crippen LogP contribution in [0.15, 0.2) is 54.6 Å². The van der Waals surface area contributed by atoms with Crippen LogP contribution in [0, 0.1) is 13.8 Å². The minimum Gasteiger partial charge on any atom is -0.452 e. The van der Waals surface area contributed by atoms with Gasteiger partial charge in [-0.1, -0.05) is 55.5 Å². The van der Waals surface area contributed by atoms with E-state index in [1.165, 1.54) is 11.6 Å². The Morgan fingerprint density at radius 3 is 2.48 bits per heavy atom. The number of benzene rings is 2. The molecule has 2 aromatic carbocycles. The van der Waals surface area contributed by atoms with E-state index in [0.717, 1.165) is 23.1 Å². The van der Waals surface area contributed by atoms with E-state index in [1.807, 2.05) is 69.3 Å². The zero-order chi connectivity index (χ0) is 19.6. The molecule has 0 spiro atoms. The molecule has 4 heteroatoms. The fraction of sp³-hybridized carbons (Fsp3) is 0.304. The van der Waals surface area contributed by atoms with Crippen molar-refractivity contribution in [1.29, 1.82) is 0 Å². The van der Waals surface area contributed by atoms with Gasteiger partial charge in [0.1, 0.15) is 6.10 Å². The van der Waals surface area contributed by atoms with Crippen molar-refractivity contribution < 1.29 is 14.3 Å². The lowest BCUT2D eigenvalue weighted by Gasteiger charge is -2.19. The highest BCUT2D eigenvalue weighted by molar-refractivity contribution is 5.87. The van der Waals surface area contributed by atoms with Gasteiger partial charge in [0.05, 0.1) is 6.54 Å². The van der Waals surface area contributed by atoms with Gasteiger partial charge in [0.15, 0.2) is 0 Å². The number of aryl methyl sites for hydroxylation is 2. The molecule has 27 heavy (non-hydrogen) atoms. The number of ether oxygens (including phenoxy) is 1. The smallest absolute Gasteiger partial charge is 0.331 e. The van der Waals surface area contributed by atoms with Crippen LogP contribution in [-0.2, 0) is 14.3 Å². The molecule has 142 valence electrons. The zero-order valence-corrected chi connectivity index (χ0v) is 16.2. The van der Waals surface area contributed by atoms with E-state index in [0.29, 0.717) is 6.42 Å². The lowest BCUT2D eigenvalue weighted by molar-refractivity contribution is -0.143. The summed E-state index contributed by atoms with van der Waals surface area (Å²) < 4.78 is 5.64. The molecular weight excluding hydrogens is 338 g/mol. The SMILES string of the molecule is CCCC(=O)NC[C@@H](OC(=O)/C=C/c1ccccc1)c1ccc(C)c(C)c1. The van der Waals surface area contributed by atoms with E-state index >= 15 is 0 Å². The van der Waals surface area contributed by atoms with Crippen molar-refractivity contribution in [2.75, 3.05) is 6.54 Å². The number of nitrogens with one attached hydrogen (secondary N) is 1. The summed E-state index contributed by atoms with van der Waals surface area (Å²) in [6.45, 7) is 6.26. The Morgan fingerprint density at radius 2 is 1.81 bits per heavy atom. The van der Waals surface area contributed by atoms with Crippen molar-refractivity contribution in [3.63, 3.8) is 0 Å². The van der Waals surface area contributed by atoms with Crippen LogP contribution in [0.3, 0.4) is 0 Å². The molecule has 0 unspecified atom stereocenters. The summed E-state index contributed by atoms with van der Waals surface area (Å²) in [5.74, 6) is -0.478. The fourth-order valence-corrected chi connectivity index (χ4v) is 2.62. The van der Waals surface area contributed by atoms with Gasteiger partial charge in [0.2, 0.25) is 5.91 Å². The van der Waals surface area contributed by atoms with Gasteiger partial charge in [-0.15, -0.1) is 0 Å². The van der Waals surface area contributed by atoms with Gasteiger partial charge in [0, 0.05) is 12.5 Å². The third-order valence-corrected chi connectivity index (χ3v) is 4.33. The van der Waals surface area contributed by atoms with Crippen LogP contribution >= 0.6 is 0 Å². The van der Waals surface area contributed by atoms with Gasteiger partial charge in [-0.2, -0.15) is 0 Å². The molecule has 0 aliphatic rings. The maximum atomic E-state index is 12.3. The topological polar surface area (TPSA) is 55.4 Å². The minimum absolute atomic E-state index is 0.0396. The van der Waals surface area contributed by atoms with Crippen molar-refractivity contribution >= 4 is 18.0 Å². The van der Waals surface area contributed by atoms with Gasteiger partial charge >= 0.3 is 5.97 Å². The highest BCUT2D eigenvalue weighted by atomic mass is 16.5. The molecular formula is C23H27NO3. The molecule has 2 rings (SSSR count). The molecule has 0 saturated carbocycles. The van der Waals surface area contributed by atoms with Crippen LogP contribution in [-0.4, -0.2) is 18.4 Å². The summed E-state index contributed by atoms with van der Waals surface area (Å²) in [5.41, 5.74) is 4.08. The van der Waals surface area contributed by atoms with Gasteiger partial charge in [0.25, 0.3) is 0 Å². The minimum atomic E-state index is -0.530. The second-order valence-electron chi connectivity index (χ2n) is 6.57. The predicted molar refractivity (Wildman–Crippen MR) is 108 cm³/mol. The van der Waals surface area contributed by atoms with Crippen LogP contribution < -0.4 is 5.32 Å². The van der Waals surface area contributed by atoms with Crippen LogP contribution in [0.25, 0.3) is 6.08 Å². The van der Waals surface area contributed by atoms with Crippen LogP contribution in [0.1, 0.15) is 48.1 Å². The summed E-state index contributed by atoms with van der Waals surface area (Å²) in [6.07, 6.45) is 3.84. The molecule has 0 fully saturated rings. The first-order chi connectivity index (χ1) is 13.0. The first-order valence-corrected chi connectivity index (χ1v) is 9.27. The lowest BCUT2D eigenvalue weighted by atomic mass is 10.0. The van der Waals surface area contributed by atoms with E-state index in [9.17, 15) is 9.59 Å². The largest absolute Gasteiger partial charge is 0.452 e. The monoisotopic (exact) mass is 365 g/mol. The molecule has 1 N–H and O–H groups in total. The quantitative estimate of drug-likeness (QED) is 0.553. The summed E-state index contributed by atoms with van der Waals surface area (Å²) in [5, 5.41) is 2.86. The van der Waals surface area contributed by atoms with Crippen LogP contribution in [0.5, 0.6) is 0 Å². The second kappa shape index (κ2) is 10.3. The molecule has 1 atom stereocenters. The molecule has 0 radical (unpaired) electrons. The normalized spacial score (nSPS) is 12.0. The van der Waals surface area contributed by atoms with E-state index in [4.69, 9.17) is 4.74 Å². The van der Waals surface area contributed by atoms with Crippen molar-refractivity contribution in [3.8, 4) is 0 Å². The number of esters is 1. The maximum Gasteiger partial charge on any atom is 0.331 e. The summed E-state index contributed by atoms with van der Waals surface area (Å²) in [7, 11) is 0. The zero-order valence-electron chi connectivity index (χ0n) is 16.2. The third-order valence-electron chi connectivity index (χ3n) is 4.33. The second-order valence-corrected chi connectivity index (χ2v) is 6.57.